The summed E-state index contributed by atoms with van der Waals surface area (Å²) in [6.07, 6.45) is 0. The van der Waals surface area contributed by atoms with E-state index in [0.717, 1.165) is 55.3 Å². The molecule has 1 aromatic heterocycles. The van der Waals surface area contributed by atoms with Crippen molar-refractivity contribution in [3.05, 3.63) is 277 Å². The van der Waals surface area contributed by atoms with Crippen LogP contribution in [0.3, 0.4) is 0 Å². The van der Waals surface area contributed by atoms with Crippen molar-refractivity contribution in [3.8, 4) is 27.9 Å². The number of para-hydroxylation sites is 2. The average molecular weight is 832 g/mol. The summed E-state index contributed by atoms with van der Waals surface area (Å²) in [4.78, 5) is 2.27. The molecule has 0 saturated heterocycles. The van der Waals surface area contributed by atoms with Gasteiger partial charge < -0.3 is 9.47 Å². The molecule has 1 aliphatic rings. The number of hydrogen-bond donors (Lipinski definition) is 0. The highest BCUT2D eigenvalue weighted by molar-refractivity contribution is 6.12. The molecule has 2 nitrogen and oxygen atoms in total. The Labute approximate surface area is 385 Å². The molecule has 1 aliphatic carbocycles. The summed E-state index contributed by atoms with van der Waals surface area (Å²) in [6, 6.07) is 78.3. The Morgan fingerprint density at radius 2 is 1.02 bits per heavy atom. The highest BCUT2D eigenvalue weighted by atomic mass is 15.1. The van der Waals surface area contributed by atoms with Gasteiger partial charge in [-0.1, -0.05) is 182 Å². The van der Waals surface area contributed by atoms with E-state index in [9.17, 15) is 0 Å². The smallest absolute Gasteiger partial charge is 0.0714 e. The number of benzene rings is 11. The third-order valence-corrected chi connectivity index (χ3v) is 13.5. The molecule has 65 heavy (non-hydrogen) atoms. The molecule has 0 radical (unpaired) electrons. The molecule has 0 aliphatic heterocycles. The number of aromatic nitrogens is 1. The van der Waals surface area contributed by atoms with Gasteiger partial charge in [0.15, 0.2) is 0 Å². The van der Waals surface area contributed by atoms with E-state index >= 15 is 0 Å². The fraction of sp³-hybridized carbons (Fsp3) is 0.0159. The first-order chi connectivity index (χ1) is 34.3. The van der Waals surface area contributed by atoms with Crippen molar-refractivity contribution >= 4 is 60.4 Å². The van der Waals surface area contributed by atoms with E-state index in [4.69, 9.17) is 6.85 Å². The minimum Gasteiger partial charge on any atom is -0.310 e. The molecule has 1 heterocycles. The molecule has 0 fully saturated rings. The molecule has 304 valence electrons. The summed E-state index contributed by atoms with van der Waals surface area (Å²) < 4.78 is 45.5. The second-order valence-corrected chi connectivity index (χ2v) is 16.9. The van der Waals surface area contributed by atoms with E-state index in [2.05, 4.69) is 185 Å². The average Bonchev–Trinajstić information content (AvgIpc) is 3.90. The summed E-state index contributed by atoms with van der Waals surface area (Å²) in [6.45, 7) is 0. The van der Waals surface area contributed by atoms with Gasteiger partial charge in [-0.05, 0) is 133 Å². The van der Waals surface area contributed by atoms with Gasteiger partial charge in [0.05, 0.1) is 29.0 Å². The van der Waals surface area contributed by atoms with Crippen LogP contribution in [0.5, 0.6) is 0 Å². The fourth-order valence-electron chi connectivity index (χ4n) is 10.8. The molecule has 2 heteroatoms. The van der Waals surface area contributed by atoms with E-state index in [1.807, 2.05) is 48.5 Å². The largest absolute Gasteiger partial charge is 0.310 e. The minimum absolute atomic E-state index is 0.180. The van der Waals surface area contributed by atoms with Crippen molar-refractivity contribution in [3.63, 3.8) is 0 Å². The van der Waals surface area contributed by atoms with Crippen LogP contribution in [0, 0.1) is 0 Å². The summed E-state index contributed by atoms with van der Waals surface area (Å²) in [7, 11) is 0. The molecule has 12 aromatic rings. The van der Waals surface area contributed by atoms with E-state index in [-0.39, 0.29) is 29.7 Å². The van der Waals surface area contributed by atoms with Gasteiger partial charge in [-0.25, -0.2) is 0 Å². The van der Waals surface area contributed by atoms with Crippen LogP contribution in [0.2, 0.25) is 0 Å². The van der Waals surface area contributed by atoms with Gasteiger partial charge >= 0.3 is 0 Å². The maximum Gasteiger partial charge on any atom is 0.0714 e. The predicted molar refractivity (Wildman–Crippen MR) is 273 cm³/mol. The maximum atomic E-state index is 8.91. The first-order valence-corrected chi connectivity index (χ1v) is 22.1. The topological polar surface area (TPSA) is 8.17 Å². The lowest BCUT2D eigenvalue weighted by Gasteiger charge is -2.34. The zero-order valence-corrected chi connectivity index (χ0v) is 35.3. The Bertz CT molecular complexity index is 4050. The van der Waals surface area contributed by atoms with Crippen LogP contribution < -0.4 is 4.90 Å². The zero-order chi connectivity index (χ0) is 47.3. The normalized spacial score (nSPS) is 15.3. The highest BCUT2D eigenvalue weighted by Crippen LogP contribution is 2.57. The number of anilines is 3. The van der Waals surface area contributed by atoms with Crippen LogP contribution >= 0.6 is 0 Å². The van der Waals surface area contributed by atoms with Crippen molar-refractivity contribution in [1.29, 1.82) is 0 Å². The van der Waals surface area contributed by atoms with Gasteiger partial charge in [-0.2, -0.15) is 0 Å². The first-order valence-electron chi connectivity index (χ1n) is 24.6. The van der Waals surface area contributed by atoms with Gasteiger partial charge in [-0.3, -0.25) is 0 Å². The second-order valence-electron chi connectivity index (χ2n) is 16.9. The van der Waals surface area contributed by atoms with Gasteiger partial charge in [0.25, 0.3) is 0 Å². The summed E-state index contributed by atoms with van der Waals surface area (Å²) in [5.41, 5.74) is 13.5. The summed E-state index contributed by atoms with van der Waals surface area (Å²) >= 11 is 0. The maximum absolute atomic E-state index is 8.91. The monoisotopic (exact) mass is 831 g/mol. The molecule has 0 saturated carbocycles. The fourth-order valence-corrected chi connectivity index (χ4v) is 10.8. The van der Waals surface area contributed by atoms with E-state index < -0.39 is 11.5 Å². The number of nitrogens with zero attached hydrogens (tertiary/aromatic N) is 2. The number of hydrogen-bond acceptors (Lipinski definition) is 1. The van der Waals surface area contributed by atoms with Crippen molar-refractivity contribution in [2.24, 2.45) is 0 Å². The van der Waals surface area contributed by atoms with Crippen LogP contribution in [0.15, 0.2) is 255 Å². The van der Waals surface area contributed by atoms with Crippen molar-refractivity contribution < 1.29 is 6.85 Å². The molecule has 0 amide bonds. The lowest BCUT2D eigenvalue weighted by atomic mass is 9.67. The molecule has 1 atom stereocenters. The Hall–Kier alpha value is -8.46. The minimum atomic E-state index is -0.624. The van der Waals surface area contributed by atoms with Crippen LogP contribution in [0.4, 0.5) is 17.1 Å². The van der Waals surface area contributed by atoms with Crippen molar-refractivity contribution in [2.75, 3.05) is 4.90 Å². The third-order valence-electron chi connectivity index (χ3n) is 13.5. The molecule has 0 N–H and O–H groups in total. The van der Waals surface area contributed by atoms with Gasteiger partial charge in [0.1, 0.15) is 0 Å². The zero-order valence-electron chi connectivity index (χ0n) is 40.3. The molecule has 0 spiro atoms. The molecule has 1 unspecified atom stereocenters. The van der Waals surface area contributed by atoms with Gasteiger partial charge in [0.2, 0.25) is 0 Å². The van der Waals surface area contributed by atoms with E-state index in [1.165, 1.54) is 44.2 Å². The highest BCUT2D eigenvalue weighted by Gasteiger charge is 2.46. The third kappa shape index (κ3) is 5.67. The van der Waals surface area contributed by atoms with E-state index in [1.54, 1.807) is 0 Å². The molecule has 13 rings (SSSR count). The number of rotatable bonds is 7. The standard InChI is InChI=1S/C63H42N2/c1-5-19-43(20-6-1)51-35-38-60(54-31-16-15-29-52(51)54)64(48-25-9-3-10-26-48)50-34-37-62-57(42-50)56-41-47(33-36-61(56)65(62)49-27-11-4-12-28-49)63(46-23-7-2-8-24-46)58-32-18-17-30-53(58)55-39-44-21-13-14-22-45(44)40-59(55)63/h1-42H/i1D,5D,6D,19D,20D. The predicted octanol–water partition coefficient (Wildman–Crippen LogP) is 16.6. The molecule has 0 bridgehead atoms. The molecular formula is C63H42N2. The first kappa shape index (κ1) is 32.2. The molecular weight excluding hydrogens is 785 g/mol. The Morgan fingerprint density at radius 3 is 1.80 bits per heavy atom. The van der Waals surface area contributed by atoms with Crippen molar-refractivity contribution in [2.45, 2.75) is 5.41 Å². The van der Waals surface area contributed by atoms with Crippen LogP contribution in [0.25, 0.3) is 71.3 Å². The quantitative estimate of drug-likeness (QED) is 0.155. The van der Waals surface area contributed by atoms with Crippen LogP contribution in [0.1, 0.15) is 29.1 Å². The Morgan fingerprint density at radius 1 is 0.385 bits per heavy atom. The van der Waals surface area contributed by atoms with Crippen LogP contribution in [-0.2, 0) is 5.41 Å². The van der Waals surface area contributed by atoms with E-state index in [0.29, 0.717) is 5.56 Å². The lowest BCUT2D eigenvalue weighted by Crippen LogP contribution is -2.28. The Balaban J connectivity index is 1.09. The van der Waals surface area contributed by atoms with Crippen LogP contribution in [-0.4, -0.2) is 4.57 Å². The van der Waals surface area contributed by atoms with Gasteiger partial charge in [-0.15, -0.1) is 0 Å². The Kier molecular flexibility index (Phi) is 7.36. The van der Waals surface area contributed by atoms with Crippen molar-refractivity contribution in [1.82, 2.24) is 4.57 Å². The van der Waals surface area contributed by atoms with Gasteiger partial charge in [0, 0.05) is 33.2 Å². The summed E-state index contributed by atoms with van der Waals surface area (Å²) in [5, 5.41) is 6.29. The lowest BCUT2D eigenvalue weighted by molar-refractivity contribution is 0.771. The summed E-state index contributed by atoms with van der Waals surface area (Å²) in [5.74, 6) is 0. The second kappa shape index (κ2) is 14.8. The SMILES string of the molecule is [2H]c1c([2H])c([2H])c(-c2ccc(N(c3ccccc3)c3ccc4c(c3)c3cc(C5(c6ccccc6)c6ccccc6-c6cc7ccccc7cc65)ccc3n4-c3ccccc3)c3ccccc23)c([2H])c1[2H]. The molecule has 11 aromatic carbocycles. The number of fused-ring (bicyclic) bond motifs is 8.